The number of methoxy groups -OCH3 is 1. The number of ether oxygens (including phenoxy) is 1. The molecule has 0 unspecified atom stereocenters. The molecule has 5 heteroatoms. The molecule has 0 aliphatic carbocycles. The molecule has 0 radical (unpaired) electrons. The van der Waals surface area contributed by atoms with Crippen molar-refractivity contribution in [2.75, 3.05) is 12.4 Å². The van der Waals surface area contributed by atoms with Gasteiger partial charge >= 0.3 is 0 Å². The van der Waals surface area contributed by atoms with Gasteiger partial charge in [0.15, 0.2) is 0 Å². The summed E-state index contributed by atoms with van der Waals surface area (Å²) < 4.78 is 18.4. The van der Waals surface area contributed by atoms with E-state index in [1.165, 1.54) is 19.2 Å². The van der Waals surface area contributed by atoms with Crippen LogP contribution >= 0.6 is 11.6 Å². The zero-order valence-electron chi connectivity index (χ0n) is 12.0. The Bertz CT molecular complexity index is 678. The lowest BCUT2D eigenvalue weighted by molar-refractivity contribution is 0.102. The van der Waals surface area contributed by atoms with Crippen molar-refractivity contribution in [3.05, 3.63) is 57.9 Å². The number of aryl methyl sites for hydroxylation is 2. The Labute approximate surface area is 127 Å². The molecular weight excluding hydrogens is 293 g/mol. The van der Waals surface area contributed by atoms with E-state index in [2.05, 4.69) is 5.32 Å². The van der Waals surface area contributed by atoms with Gasteiger partial charge in [0.25, 0.3) is 5.91 Å². The molecule has 1 N–H and O–H groups in total. The predicted molar refractivity (Wildman–Crippen MR) is 81.8 cm³/mol. The van der Waals surface area contributed by atoms with Crippen molar-refractivity contribution in [2.24, 2.45) is 0 Å². The summed E-state index contributed by atoms with van der Waals surface area (Å²) in [6, 6.07) is 7.44. The molecule has 1 amide bonds. The molecule has 0 fully saturated rings. The molecule has 2 aromatic rings. The zero-order chi connectivity index (χ0) is 15.6. The maximum absolute atomic E-state index is 13.3. The zero-order valence-corrected chi connectivity index (χ0v) is 12.7. The van der Waals surface area contributed by atoms with E-state index in [0.717, 1.165) is 17.2 Å². The topological polar surface area (TPSA) is 38.3 Å². The van der Waals surface area contributed by atoms with E-state index < -0.39 is 11.7 Å². The van der Waals surface area contributed by atoms with Crippen LogP contribution in [-0.2, 0) is 0 Å². The van der Waals surface area contributed by atoms with E-state index in [4.69, 9.17) is 16.3 Å². The Hall–Kier alpha value is -2.07. The molecule has 0 saturated carbocycles. The molecule has 3 nitrogen and oxygen atoms in total. The highest BCUT2D eigenvalue weighted by Crippen LogP contribution is 2.29. The molecule has 0 saturated heterocycles. The maximum Gasteiger partial charge on any atom is 0.259 e. The monoisotopic (exact) mass is 307 g/mol. The third-order valence-corrected chi connectivity index (χ3v) is 3.37. The van der Waals surface area contributed by atoms with Crippen molar-refractivity contribution < 1.29 is 13.9 Å². The van der Waals surface area contributed by atoms with Crippen LogP contribution in [0, 0.1) is 19.7 Å². The van der Waals surface area contributed by atoms with Gasteiger partial charge < -0.3 is 10.1 Å². The van der Waals surface area contributed by atoms with Gasteiger partial charge in [0.1, 0.15) is 11.6 Å². The third kappa shape index (κ3) is 3.34. The number of amides is 1. The fourth-order valence-corrected chi connectivity index (χ4v) is 2.48. The average molecular weight is 308 g/mol. The van der Waals surface area contributed by atoms with Crippen molar-refractivity contribution in [3.63, 3.8) is 0 Å². The lowest BCUT2D eigenvalue weighted by Gasteiger charge is -2.13. The first-order valence-electron chi connectivity index (χ1n) is 6.34. The molecule has 0 aliphatic rings. The standard InChI is InChI=1S/C16H15ClFNO2/c1-9-6-10(2)15(13(17)7-9)19-16(20)12-8-11(18)4-5-14(12)21-3/h4-8H,1-3H3,(H,19,20). The van der Waals surface area contributed by atoms with Crippen LogP contribution in [-0.4, -0.2) is 13.0 Å². The van der Waals surface area contributed by atoms with E-state index in [1.54, 1.807) is 6.07 Å². The molecule has 0 aliphatic heterocycles. The first-order valence-corrected chi connectivity index (χ1v) is 6.72. The Morgan fingerprint density at radius 3 is 2.57 bits per heavy atom. The highest BCUT2D eigenvalue weighted by Gasteiger charge is 2.16. The van der Waals surface area contributed by atoms with Crippen LogP contribution in [0.2, 0.25) is 5.02 Å². The molecule has 0 aromatic heterocycles. The summed E-state index contributed by atoms with van der Waals surface area (Å²) in [5, 5.41) is 3.15. The number of halogens is 2. The normalized spacial score (nSPS) is 10.3. The van der Waals surface area contributed by atoms with Crippen LogP contribution < -0.4 is 10.1 Å². The van der Waals surface area contributed by atoms with Crippen molar-refractivity contribution in [3.8, 4) is 5.75 Å². The van der Waals surface area contributed by atoms with Crippen molar-refractivity contribution in [1.82, 2.24) is 0 Å². The minimum Gasteiger partial charge on any atom is -0.496 e. The quantitative estimate of drug-likeness (QED) is 0.915. The van der Waals surface area contributed by atoms with Gasteiger partial charge in [-0.05, 0) is 49.2 Å². The SMILES string of the molecule is COc1ccc(F)cc1C(=O)Nc1c(C)cc(C)cc1Cl. The first kappa shape index (κ1) is 15.3. The summed E-state index contributed by atoms with van der Waals surface area (Å²) in [5.74, 6) is -0.678. The maximum atomic E-state index is 13.3. The predicted octanol–water partition coefficient (Wildman–Crippen LogP) is 4.36. The van der Waals surface area contributed by atoms with Crippen LogP contribution in [0.5, 0.6) is 5.75 Å². The van der Waals surface area contributed by atoms with E-state index >= 15 is 0 Å². The van der Waals surface area contributed by atoms with Crippen LogP contribution in [0.15, 0.2) is 30.3 Å². The summed E-state index contributed by atoms with van der Waals surface area (Å²) in [6.45, 7) is 3.76. The number of carbonyl (C=O) groups excluding carboxylic acids is 1. The van der Waals surface area contributed by atoms with Crippen LogP contribution in [0.25, 0.3) is 0 Å². The van der Waals surface area contributed by atoms with Gasteiger partial charge in [-0.25, -0.2) is 4.39 Å². The summed E-state index contributed by atoms with van der Waals surface area (Å²) >= 11 is 6.15. The van der Waals surface area contributed by atoms with Gasteiger partial charge in [-0.2, -0.15) is 0 Å². The summed E-state index contributed by atoms with van der Waals surface area (Å²) in [4.78, 5) is 12.3. The minimum absolute atomic E-state index is 0.119. The molecule has 2 aromatic carbocycles. The molecule has 21 heavy (non-hydrogen) atoms. The fourth-order valence-electron chi connectivity index (χ4n) is 2.11. The number of hydrogen-bond donors (Lipinski definition) is 1. The molecule has 0 spiro atoms. The number of rotatable bonds is 3. The second kappa shape index (κ2) is 6.14. The second-order valence-electron chi connectivity index (χ2n) is 4.74. The highest BCUT2D eigenvalue weighted by molar-refractivity contribution is 6.34. The Kier molecular flexibility index (Phi) is 4.48. The van der Waals surface area contributed by atoms with Gasteiger partial charge in [-0.1, -0.05) is 17.7 Å². The van der Waals surface area contributed by atoms with Crippen LogP contribution in [0.4, 0.5) is 10.1 Å². The fraction of sp³-hybridized carbons (Fsp3) is 0.188. The number of benzene rings is 2. The van der Waals surface area contributed by atoms with Gasteiger partial charge in [0.05, 0.1) is 23.4 Å². The number of nitrogens with one attached hydrogen (secondary N) is 1. The lowest BCUT2D eigenvalue weighted by Crippen LogP contribution is -2.14. The Morgan fingerprint density at radius 1 is 1.24 bits per heavy atom. The summed E-state index contributed by atoms with van der Waals surface area (Å²) in [5.41, 5.74) is 2.47. The van der Waals surface area contributed by atoms with E-state index in [1.807, 2.05) is 19.9 Å². The van der Waals surface area contributed by atoms with Crippen LogP contribution in [0.1, 0.15) is 21.5 Å². The first-order chi connectivity index (χ1) is 9.92. The second-order valence-corrected chi connectivity index (χ2v) is 5.14. The third-order valence-electron chi connectivity index (χ3n) is 3.08. The average Bonchev–Trinajstić information content (AvgIpc) is 2.42. The van der Waals surface area contributed by atoms with Gasteiger partial charge in [0, 0.05) is 0 Å². The van der Waals surface area contributed by atoms with Crippen LogP contribution in [0.3, 0.4) is 0 Å². The van der Waals surface area contributed by atoms with E-state index in [-0.39, 0.29) is 5.56 Å². The van der Waals surface area contributed by atoms with Gasteiger partial charge in [-0.3, -0.25) is 4.79 Å². The van der Waals surface area contributed by atoms with E-state index in [0.29, 0.717) is 16.5 Å². The number of carbonyl (C=O) groups is 1. The minimum atomic E-state index is -0.507. The largest absolute Gasteiger partial charge is 0.496 e. The smallest absolute Gasteiger partial charge is 0.259 e. The summed E-state index contributed by atoms with van der Waals surface area (Å²) in [7, 11) is 1.42. The Morgan fingerprint density at radius 2 is 1.95 bits per heavy atom. The van der Waals surface area contributed by atoms with Crippen molar-refractivity contribution in [1.29, 1.82) is 0 Å². The van der Waals surface area contributed by atoms with Crippen molar-refractivity contribution in [2.45, 2.75) is 13.8 Å². The number of anilines is 1. The van der Waals surface area contributed by atoms with Gasteiger partial charge in [0.2, 0.25) is 0 Å². The Balaban J connectivity index is 2.37. The molecule has 110 valence electrons. The summed E-state index contributed by atoms with van der Waals surface area (Å²) in [6.07, 6.45) is 0. The molecule has 0 atom stereocenters. The number of hydrogen-bond acceptors (Lipinski definition) is 2. The van der Waals surface area contributed by atoms with Gasteiger partial charge in [-0.15, -0.1) is 0 Å². The molecular formula is C16H15ClFNO2. The molecule has 0 heterocycles. The highest BCUT2D eigenvalue weighted by atomic mass is 35.5. The molecule has 2 rings (SSSR count). The van der Waals surface area contributed by atoms with E-state index in [9.17, 15) is 9.18 Å². The van der Waals surface area contributed by atoms with Crippen molar-refractivity contribution >= 4 is 23.2 Å². The molecule has 0 bridgehead atoms. The lowest BCUT2D eigenvalue weighted by atomic mass is 10.1.